The number of ether oxygens (including phenoxy) is 1. The second kappa shape index (κ2) is 5.60. The Hall–Kier alpha value is -1.69. The van der Waals surface area contributed by atoms with Gasteiger partial charge in [0.2, 0.25) is 0 Å². The minimum absolute atomic E-state index is 0. The summed E-state index contributed by atoms with van der Waals surface area (Å²) in [5, 5.41) is 3.09. The summed E-state index contributed by atoms with van der Waals surface area (Å²) in [5.41, 5.74) is 1.35. The van der Waals surface area contributed by atoms with E-state index in [1.54, 1.807) is 6.92 Å². The molecule has 116 valence electrons. The van der Waals surface area contributed by atoms with Gasteiger partial charge in [0.1, 0.15) is 0 Å². The van der Waals surface area contributed by atoms with Crippen LogP contribution in [0.4, 0.5) is 4.79 Å². The Kier molecular flexibility index (Phi) is 4.18. The van der Waals surface area contributed by atoms with Crippen LogP contribution in [0.1, 0.15) is 35.5 Å². The van der Waals surface area contributed by atoms with Crippen molar-refractivity contribution in [1.29, 1.82) is 0 Å². The molecule has 21 heavy (non-hydrogen) atoms. The van der Waals surface area contributed by atoms with E-state index in [0.29, 0.717) is 0 Å². The molecule has 0 aromatic carbocycles. The van der Waals surface area contributed by atoms with Gasteiger partial charge in [-0.1, -0.05) is 25.5 Å². The molecule has 2 amide bonds. The molecule has 1 aliphatic heterocycles. The van der Waals surface area contributed by atoms with E-state index in [0.717, 1.165) is 22.6 Å². The summed E-state index contributed by atoms with van der Waals surface area (Å²) < 4.78 is 4.90. The lowest BCUT2D eigenvalue weighted by Gasteiger charge is -2.35. The first-order chi connectivity index (χ1) is 10.0. The molecule has 2 aliphatic carbocycles. The van der Waals surface area contributed by atoms with Gasteiger partial charge in [-0.15, -0.1) is 0 Å². The van der Waals surface area contributed by atoms with Gasteiger partial charge in [-0.05, 0) is 38.6 Å². The number of nitrogens with one attached hydrogen (secondary N) is 1. The largest absolute Gasteiger partial charge is 0.449 e. The molecule has 0 bridgehead atoms. The van der Waals surface area contributed by atoms with Crippen LogP contribution in [0.5, 0.6) is 0 Å². The molecule has 1 heterocycles. The van der Waals surface area contributed by atoms with Crippen molar-refractivity contribution in [1.82, 2.24) is 10.2 Å². The van der Waals surface area contributed by atoms with Crippen molar-refractivity contribution in [3.05, 3.63) is 23.4 Å². The minimum Gasteiger partial charge on any atom is -0.449 e. The van der Waals surface area contributed by atoms with Gasteiger partial charge in [0.25, 0.3) is 5.91 Å². The summed E-state index contributed by atoms with van der Waals surface area (Å²) >= 11 is 5.09. The minimum atomic E-state index is -0.698. The Bertz CT molecular complexity index is 573. The van der Waals surface area contributed by atoms with Crippen molar-refractivity contribution in [2.24, 2.45) is 11.3 Å². The molecule has 2 fully saturated rings. The van der Waals surface area contributed by atoms with Crippen LogP contribution in [0.25, 0.3) is 0 Å². The van der Waals surface area contributed by atoms with Gasteiger partial charge < -0.3 is 10.1 Å². The number of rotatable bonds is 1. The average Bonchev–Trinajstić information content (AvgIpc) is 3.21. The van der Waals surface area contributed by atoms with Crippen LogP contribution in [-0.2, 0) is 9.53 Å². The topological polar surface area (TPSA) is 58.6 Å². The maximum atomic E-state index is 12.6. The van der Waals surface area contributed by atoms with Crippen LogP contribution in [-0.4, -0.2) is 28.6 Å². The second-order valence-electron chi connectivity index (χ2n) is 4.99. The van der Waals surface area contributed by atoms with Crippen LogP contribution in [0, 0.1) is 11.3 Å². The first-order valence-electron chi connectivity index (χ1n) is 7.23. The molecular weight excluding hydrogens is 288 g/mol. The molecule has 0 aromatic heterocycles. The molecule has 3 aliphatic rings. The number of nitrogens with zero attached hydrogens (tertiary/aromatic N) is 1. The summed E-state index contributed by atoms with van der Waals surface area (Å²) in [6.45, 7) is 7.91. The highest BCUT2D eigenvalue weighted by Crippen LogP contribution is 2.64. The quantitative estimate of drug-likeness (QED) is 0.755. The van der Waals surface area contributed by atoms with Crippen LogP contribution >= 0.6 is 12.2 Å². The SMILES string of the molecule is CC.CCOC(=O)N1C(=O)C23CC2C(C)=CC=C3NC1=S.[HH]. The molecule has 2 atom stereocenters. The number of carbonyl (C=O) groups is 2. The highest BCUT2D eigenvalue weighted by atomic mass is 32.1. The number of hydrogen-bond acceptors (Lipinski definition) is 4. The number of thiocarbonyl (C=S) groups is 1. The van der Waals surface area contributed by atoms with Gasteiger partial charge in [0.15, 0.2) is 5.11 Å². The zero-order valence-corrected chi connectivity index (χ0v) is 13.5. The Labute approximate surface area is 131 Å². The van der Waals surface area contributed by atoms with E-state index in [-0.39, 0.29) is 25.0 Å². The normalized spacial score (nSPS) is 29.0. The van der Waals surface area contributed by atoms with E-state index in [9.17, 15) is 9.59 Å². The Balaban J connectivity index is 0.000000775. The van der Waals surface area contributed by atoms with E-state index in [1.165, 1.54) is 0 Å². The van der Waals surface area contributed by atoms with Crippen molar-refractivity contribution >= 4 is 29.3 Å². The average molecular weight is 310 g/mol. The zero-order valence-electron chi connectivity index (χ0n) is 12.7. The highest BCUT2D eigenvalue weighted by molar-refractivity contribution is 7.80. The highest BCUT2D eigenvalue weighted by Gasteiger charge is 2.68. The molecule has 0 radical (unpaired) electrons. The van der Waals surface area contributed by atoms with E-state index in [1.807, 2.05) is 32.9 Å². The summed E-state index contributed by atoms with van der Waals surface area (Å²) in [7, 11) is 0. The Morgan fingerprint density at radius 3 is 2.86 bits per heavy atom. The third kappa shape index (κ3) is 2.18. The Morgan fingerprint density at radius 2 is 2.24 bits per heavy atom. The van der Waals surface area contributed by atoms with Gasteiger partial charge >= 0.3 is 6.09 Å². The lowest BCUT2D eigenvalue weighted by atomic mass is 9.88. The summed E-state index contributed by atoms with van der Waals surface area (Å²) in [4.78, 5) is 25.4. The molecule has 3 rings (SSSR count). The maximum absolute atomic E-state index is 12.6. The predicted octanol–water partition coefficient (Wildman–Crippen LogP) is 2.98. The van der Waals surface area contributed by atoms with Crippen molar-refractivity contribution in [3.63, 3.8) is 0 Å². The van der Waals surface area contributed by atoms with E-state index in [4.69, 9.17) is 17.0 Å². The monoisotopic (exact) mass is 310 g/mol. The second-order valence-corrected chi connectivity index (χ2v) is 5.38. The first kappa shape index (κ1) is 15.7. The van der Waals surface area contributed by atoms with Crippen molar-refractivity contribution in [2.75, 3.05) is 6.61 Å². The zero-order chi connectivity index (χ0) is 15.8. The number of allylic oxidation sites excluding steroid dienone is 3. The van der Waals surface area contributed by atoms with Gasteiger partial charge in [0.05, 0.1) is 12.0 Å². The summed E-state index contributed by atoms with van der Waals surface area (Å²) in [6, 6.07) is 0. The smallest absolute Gasteiger partial charge is 0.423 e. The van der Waals surface area contributed by atoms with E-state index in [2.05, 4.69) is 5.32 Å². The Morgan fingerprint density at radius 1 is 1.57 bits per heavy atom. The van der Waals surface area contributed by atoms with Crippen molar-refractivity contribution in [2.45, 2.75) is 34.1 Å². The predicted molar refractivity (Wildman–Crippen MR) is 85.4 cm³/mol. The third-order valence-corrected chi connectivity index (χ3v) is 4.27. The number of imide groups is 1. The molecule has 2 unspecified atom stereocenters. The number of amides is 2. The molecule has 5 nitrogen and oxygen atoms in total. The fourth-order valence-electron chi connectivity index (χ4n) is 2.91. The van der Waals surface area contributed by atoms with Crippen molar-refractivity contribution in [3.8, 4) is 0 Å². The third-order valence-electron chi connectivity index (χ3n) is 3.98. The summed E-state index contributed by atoms with van der Waals surface area (Å²) in [6.07, 6.45) is 3.90. The number of carbonyl (C=O) groups excluding carboxylic acids is 2. The molecule has 1 saturated carbocycles. The van der Waals surface area contributed by atoms with Gasteiger partial charge in [-0.2, -0.15) is 4.90 Å². The lowest BCUT2D eigenvalue weighted by Crippen LogP contribution is -2.57. The lowest BCUT2D eigenvalue weighted by molar-refractivity contribution is -0.131. The van der Waals surface area contributed by atoms with Crippen LogP contribution in [0.3, 0.4) is 0 Å². The van der Waals surface area contributed by atoms with Crippen LogP contribution in [0.15, 0.2) is 23.4 Å². The fourth-order valence-corrected chi connectivity index (χ4v) is 3.18. The van der Waals surface area contributed by atoms with Crippen LogP contribution in [0.2, 0.25) is 0 Å². The maximum Gasteiger partial charge on any atom is 0.423 e. The van der Waals surface area contributed by atoms with Gasteiger partial charge in [-0.25, -0.2) is 4.79 Å². The van der Waals surface area contributed by atoms with Crippen molar-refractivity contribution < 1.29 is 15.8 Å². The molecule has 6 heteroatoms. The standard InChI is InChI=1S/C13H14N2O3S.C2H6.H2/c1-3-18-12(17)15-10(16)13-6-8(13)7(2)4-5-9(13)14-11(15)19;1-2;/h4-5,8H,3,6H2,1-2H3,(H,14,19);1-2H3;1H. The molecular formula is C15H22N2O3S. The molecule has 1 spiro atoms. The molecule has 1 N–H and O–H groups in total. The first-order valence-corrected chi connectivity index (χ1v) is 7.64. The summed E-state index contributed by atoms with van der Waals surface area (Å²) in [5.74, 6) is -0.0917. The van der Waals surface area contributed by atoms with Crippen LogP contribution < -0.4 is 5.32 Å². The molecule has 1 saturated heterocycles. The van der Waals surface area contributed by atoms with E-state index >= 15 is 0 Å². The van der Waals surface area contributed by atoms with E-state index < -0.39 is 11.5 Å². The molecule has 0 aromatic rings. The van der Waals surface area contributed by atoms with Gasteiger partial charge in [0, 0.05) is 13.0 Å². The van der Waals surface area contributed by atoms with Gasteiger partial charge in [-0.3, -0.25) is 4.79 Å². The fraction of sp³-hybridized carbons (Fsp3) is 0.533. The number of hydrogen-bond donors (Lipinski definition) is 1.